The van der Waals surface area contributed by atoms with Gasteiger partial charge in [-0.05, 0) is 19.3 Å². The van der Waals surface area contributed by atoms with E-state index in [4.69, 9.17) is 0 Å². The number of hydrogen-bond acceptors (Lipinski definition) is 0. The van der Waals surface area contributed by atoms with E-state index in [1.54, 1.807) is 0 Å². The third kappa shape index (κ3) is 2.86. The molecule has 1 rings (SSSR count). The topological polar surface area (TPSA) is 0 Å². The Labute approximate surface area is 56.7 Å². The van der Waals surface area contributed by atoms with Crippen LogP contribution in [0.5, 0.6) is 0 Å². The summed E-state index contributed by atoms with van der Waals surface area (Å²) in [5, 5.41) is 0. The maximum atomic E-state index is 2.21. The summed E-state index contributed by atoms with van der Waals surface area (Å²) >= 11 is 0. The predicted octanol–water partition coefficient (Wildman–Crippen LogP) is 2.70. The van der Waals surface area contributed by atoms with Crippen LogP contribution in [0.1, 0.15) is 19.3 Å². The van der Waals surface area contributed by atoms with Crippen molar-refractivity contribution in [2.75, 3.05) is 0 Å². The van der Waals surface area contributed by atoms with Gasteiger partial charge in [0.1, 0.15) is 0 Å². The summed E-state index contributed by atoms with van der Waals surface area (Å²) in [7, 11) is 0. The van der Waals surface area contributed by atoms with Gasteiger partial charge in [0.15, 0.2) is 0 Å². The van der Waals surface area contributed by atoms with Gasteiger partial charge in [0.2, 0.25) is 0 Å². The lowest BCUT2D eigenvalue weighted by Crippen LogP contribution is -1.62. The molecule has 0 nitrogen and oxygen atoms in total. The summed E-state index contributed by atoms with van der Waals surface area (Å²) < 4.78 is 0. The smallest absolute Gasteiger partial charge is 0.0345 e. The second kappa shape index (κ2) is 4.92. The minimum atomic E-state index is 0. The second-order valence-corrected chi connectivity index (χ2v) is 1.79. The van der Waals surface area contributed by atoms with Crippen LogP contribution < -0.4 is 0 Å². The van der Waals surface area contributed by atoms with Crippen molar-refractivity contribution in [3.05, 3.63) is 24.3 Å². The molecule has 8 heavy (non-hydrogen) atoms. The molecule has 0 radical (unpaired) electrons. The Morgan fingerprint density at radius 3 is 1.88 bits per heavy atom. The van der Waals surface area contributed by atoms with E-state index in [-0.39, 0.29) is 12.4 Å². The highest BCUT2D eigenvalue weighted by Gasteiger charge is 1.81. The molecule has 0 heterocycles. The standard InChI is InChI=1S/C7H10.ClH/c1-2-4-6-7-5-3-1;/h1-4H,5-7H2;1H. The molecule has 0 aliphatic heterocycles. The Bertz CT molecular complexity index is 80.6. The molecule has 0 unspecified atom stereocenters. The predicted molar refractivity (Wildman–Crippen MR) is 39.4 cm³/mol. The molecule has 1 aliphatic carbocycles. The molecule has 0 saturated heterocycles. The van der Waals surface area contributed by atoms with Crippen LogP contribution in [0.15, 0.2) is 24.3 Å². The molecule has 1 heteroatoms. The Kier molecular flexibility index (Phi) is 4.78. The van der Waals surface area contributed by atoms with Crippen LogP contribution in [0.2, 0.25) is 0 Å². The zero-order chi connectivity index (χ0) is 4.95. The quantitative estimate of drug-likeness (QED) is 0.473. The fourth-order valence-electron chi connectivity index (χ4n) is 0.703. The van der Waals surface area contributed by atoms with E-state index in [0.29, 0.717) is 0 Å². The van der Waals surface area contributed by atoms with Gasteiger partial charge in [-0.1, -0.05) is 24.3 Å². The number of halogens is 1. The average molecular weight is 131 g/mol. The van der Waals surface area contributed by atoms with Gasteiger partial charge in [0.05, 0.1) is 0 Å². The number of allylic oxidation sites excluding steroid dienone is 4. The van der Waals surface area contributed by atoms with E-state index in [1.807, 2.05) is 0 Å². The SMILES string of the molecule is C1=CCCCC=C1.Cl. The van der Waals surface area contributed by atoms with Crippen molar-refractivity contribution in [2.24, 2.45) is 0 Å². The summed E-state index contributed by atoms with van der Waals surface area (Å²) in [6, 6.07) is 0. The van der Waals surface area contributed by atoms with Crippen LogP contribution in [-0.2, 0) is 0 Å². The van der Waals surface area contributed by atoms with Gasteiger partial charge in [-0.25, -0.2) is 0 Å². The minimum Gasteiger partial charge on any atom is -0.147 e. The third-order valence-electron chi connectivity index (χ3n) is 1.12. The van der Waals surface area contributed by atoms with Crippen molar-refractivity contribution in [1.82, 2.24) is 0 Å². The summed E-state index contributed by atoms with van der Waals surface area (Å²) in [6.07, 6.45) is 12.5. The largest absolute Gasteiger partial charge is 0.147 e. The molecule has 0 spiro atoms. The van der Waals surface area contributed by atoms with Gasteiger partial charge in [-0.3, -0.25) is 0 Å². The van der Waals surface area contributed by atoms with Crippen molar-refractivity contribution in [2.45, 2.75) is 19.3 Å². The van der Waals surface area contributed by atoms with Crippen LogP contribution in [0.25, 0.3) is 0 Å². The zero-order valence-corrected chi connectivity index (χ0v) is 5.66. The number of rotatable bonds is 0. The summed E-state index contributed by atoms with van der Waals surface area (Å²) in [5.41, 5.74) is 0. The van der Waals surface area contributed by atoms with E-state index in [2.05, 4.69) is 24.3 Å². The Morgan fingerprint density at radius 2 is 1.38 bits per heavy atom. The highest BCUT2D eigenvalue weighted by atomic mass is 35.5. The van der Waals surface area contributed by atoms with Crippen LogP contribution in [-0.4, -0.2) is 0 Å². The van der Waals surface area contributed by atoms with Crippen molar-refractivity contribution in [1.29, 1.82) is 0 Å². The molecule has 46 valence electrons. The fourth-order valence-corrected chi connectivity index (χ4v) is 0.703. The van der Waals surface area contributed by atoms with Crippen molar-refractivity contribution in [3.8, 4) is 0 Å². The highest BCUT2D eigenvalue weighted by molar-refractivity contribution is 5.85. The van der Waals surface area contributed by atoms with Gasteiger partial charge in [-0.2, -0.15) is 0 Å². The van der Waals surface area contributed by atoms with Crippen LogP contribution in [0.3, 0.4) is 0 Å². The van der Waals surface area contributed by atoms with Gasteiger partial charge in [0, 0.05) is 0 Å². The lowest BCUT2D eigenvalue weighted by atomic mass is 10.2. The molecule has 0 bridgehead atoms. The first kappa shape index (κ1) is 7.77. The van der Waals surface area contributed by atoms with E-state index in [1.165, 1.54) is 19.3 Å². The molecular formula is C7H11Cl. The first-order chi connectivity index (χ1) is 3.50. The molecule has 0 fully saturated rings. The molecule has 0 atom stereocenters. The molecule has 0 saturated carbocycles. The minimum absolute atomic E-state index is 0. The Morgan fingerprint density at radius 1 is 0.875 bits per heavy atom. The van der Waals surface area contributed by atoms with Crippen molar-refractivity contribution in [3.63, 3.8) is 0 Å². The Balaban J connectivity index is 0.000000490. The first-order valence-electron chi connectivity index (χ1n) is 2.82. The second-order valence-electron chi connectivity index (χ2n) is 1.79. The van der Waals surface area contributed by atoms with Crippen LogP contribution >= 0.6 is 12.4 Å². The fraction of sp³-hybridized carbons (Fsp3) is 0.429. The molecule has 0 aromatic heterocycles. The van der Waals surface area contributed by atoms with E-state index >= 15 is 0 Å². The van der Waals surface area contributed by atoms with E-state index < -0.39 is 0 Å². The van der Waals surface area contributed by atoms with E-state index in [0.717, 1.165) is 0 Å². The van der Waals surface area contributed by atoms with Gasteiger partial charge in [0.25, 0.3) is 0 Å². The van der Waals surface area contributed by atoms with Crippen LogP contribution in [0, 0.1) is 0 Å². The van der Waals surface area contributed by atoms with Crippen LogP contribution in [0.4, 0.5) is 0 Å². The van der Waals surface area contributed by atoms with Crippen molar-refractivity contribution >= 4 is 12.4 Å². The maximum Gasteiger partial charge on any atom is -0.0345 e. The molecule has 0 N–H and O–H groups in total. The van der Waals surface area contributed by atoms with Gasteiger partial charge >= 0.3 is 0 Å². The van der Waals surface area contributed by atoms with Crippen molar-refractivity contribution < 1.29 is 0 Å². The third-order valence-corrected chi connectivity index (χ3v) is 1.12. The molecule has 0 amide bonds. The molecule has 0 aromatic carbocycles. The average Bonchev–Trinajstić information content (AvgIpc) is 1.90. The lowest BCUT2D eigenvalue weighted by Gasteiger charge is -1.81. The summed E-state index contributed by atoms with van der Waals surface area (Å²) in [5.74, 6) is 0. The van der Waals surface area contributed by atoms with Gasteiger partial charge < -0.3 is 0 Å². The lowest BCUT2D eigenvalue weighted by molar-refractivity contribution is 0.876. The van der Waals surface area contributed by atoms with Gasteiger partial charge in [-0.15, -0.1) is 12.4 Å². The highest BCUT2D eigenvalue weighted by Crippen LogP contribution is 2.01. The summed E-state index contributed by atoms with van der Waals surface area (Å²) in [4.78, 5) is 0. The molecule has 0 aromatic rings. The maximum absolute atomic E-state index is 2.21. The summed E-state index contributed by atoms with van der Waals surface area (Å²) in [6.45, 7) is 0. The number of hydrogen-bond donors (Lipinski definition) is 0. The zero-order valence-electron chi connectivity index (χ0n) is 4.84. The Hall–Kier alpha value is -0.230. The molecular weight excluding hydrogens is 120 g/mol. The molecule has 1 aliphatic rings. The monoisotopic (exact) mass is 130 g/mol. The van der Waals surface area contributed by atoms with E-state index in [9.17, 15) is 0 Å². The first-order valence-corrected chi connectivity index (χ1v) is 2.82. The normalized spacial score (nSPS) is 17.0.